The van der Waals surface area contributed by atoms with Gasteiger partial charge in [-0.3, -0.25) is 4.79 Å². The Kier molecular flexibility index (Phi) is 3.93. The van der Waals surface area contributed by atoms with Gasteiger partial charge >= 0.3 is 5.97 Å². The lowest BCUT2D eigenvalue weighted by molar-refractivity contribution is -0.150. The van der Waals surface area contributed by atoms with Gasteiger partial charge in [-0.2, -0.15) is 0 Å². The first kappa shape index (κ1) is 11.5. The smallest absolute Gasteiger partial charge is 0.309 e. The Morgan fingerprint density at radius 2 is 2.36 bits per heavy atom. The van der Waals surface area contributed by atoms with Gasteiger partial charge in [-0.25, -0.2) is 0 Å². The van der Waals surface area contributed by atoms with Crippen molar-refractivity contribution in [3.63, 3.8) is 0 Å². The number of rotatable bonds is 5. The summed E-state index contributed by atoms with van der Waals surface area (Å²) in [6.07, 6.45) is 3.34. The molecule has 1 N–H and O–H groups in total. The quantitative estimate of drug-likeness (QED) is 0.693. The summed E-state index contributed by atoms with van der Waals surface area (Å²) in [5, 5.41) is 9.23. The second-order valence-corrected chi connectivity index (χ2v) is 4.38. The third-order valence-corrected chi connectivity index (χ3v) is 3.24. The van der Waals surface area contributed by atoms with E-state index in [0.717, 1.165) is 19.3 Å². The molecule has 1 fully saturated rings. The molecule has 0 amide bonds. The molecule has 2 atom stereocenters. The van der Waals surface area contributed by atoms with Gasteiger partial charge in [0.1, 0.15) is 0 Å². The summed E-state index contributed by atoms with van der Waals surface area (Å²) in [5.74, 6) is -0.0886. The molecule has 0 aromatic carbocycles. The van der Waals surface area contributed by atoms with E-state index in [4.69, 9.17) is 4.74 Å². The number of carbonyl (C=O) groups is 1. The van der Waals surface area contributed by atoms with Crippen molar-refractivity contribution in [2.45, 2.75) is 39.5 Å². The fourth-order valence-corrected chi connectivity index (χ4v) is 2.33. The van der Waals surface area contributed by atoms with Crippen molar-refractivity contribution in [1.29, 1.82) is 0 Å². The van der Waals surface area contributed by atoms with Crippen LogP contribution in [0.2, 0.25) is 0 Å². The summed E-state index contributed by atoms with van der Waals surface area (Å²) in [4.78, 5) is 11.2. The third-order valence-electron chi connectivity index (χ3n) is 3.24. The summed E-state index contributed by atoms with van der Waals surface area (Å²) in [6, 6.07) is 0. The van der Waals surface area contributed by atoms with Gasteiger partial charge in [0.15, 0.2) is 0 Å². The normalized spacial score (nSPS) is 32.0. The maximum absolute atomic E-state index is 11.2. The fraction of sp³-hybridized carbons (Fsp3) is 0.909. The molecule has 0 aliphatic heterocycles. The van der Waals surface area contributed by atoms with E-state index in [1.807, 2.05) is 6.92 Å². The van der Waals surface area contributed by atoms with E-state index in [1.165, 1.54) is 0 Å². The number of aliphatic carboxylic acids is 1. The van der Waals surface area contributed by atoms with Crippen LogP contribution in [0.4, 0.5) is 0 Å². The van der Waals surface area contributed by atoms with Crippen LogP contribution in [-0.4, -0.2) is 24.3 Å². The van der Waals surface area contributed by atoms with E-state index < -0.39 is 11.4 Å². The van der Waals surface area contributed by atoms with E-state index in [1.54, 1.807) is 0 Å². The van der Waals surface area contributed by atoms with Gasteiger partial charge in [0, 0.05) is 13.2 Å². The molecule has 1 saturated carbocycles. The number of hydrogen-bond donors (Lipinski definition) is 1. The van der Waals surface area contributed by atoms with Crippen LogP contribution in [0.1, 0.15) is 39.5 Å². The van der Waals surface area contributed by atoms with E-state index in [0.29, 0.717) is 25.6 Å². The van der Waals surface area contributed by atoms with E-state index >= 15 is 0 Å². The molecule has 0 radical (unpaired) electrons. The van der Waals surface area contributed by atoms with Gasteiger partial charge < -0.3 is 9.84 Å². The van der Waals surface area contributed by atoms with Gasteiger partial charge in [0.05, 0.1) is 5.41 Å². The molecule has 3 nitrogen and oxygen atoms in total. The van der Waals surface area contributed by atoms with Crippen LogP contribution >= 0.6 is 0 Å². The molecule has 14 heavy (non-hydrogen) atoms. The van der Waals surface area contributed by atoms with Crippen molar-refractivity contribution in [3.8, 4) is 0 Å². The Balaban J connectivity index is 2.50. The molecular weight excluding hydrogens is 180 g/mol. The van der Waals surface area contributed by atoms with Crippen LogP contribution in [0.25, 0.3) is 0 Å². The van der Waals surface area contributed by atoms with Crippen LogP contribution < -0.4 is 0 Å². The molecule has 0 bridgehead atoms. The highest BCUT2D eigenvalue weighted by atomic mass is 16.5. The highest BCUT2D eigenvalue weighted by Crippen LogP contribution is 2.44. The average molecular weight is 200 g/mol. The molecule has 0 heterocycles. The SMILES string of the molecule is CCOCCC1(C(=O)O)CCC(C)C1. The Morgan fingerprint density at radius 1 is 1.64 bits per heavy atom. The molecule has 1 rings (SSSR count). The van der Waals surface area contributed by atoms with E-state index in [-0.39, 0.29) is 0 Å². The third kappa shape index (κ3) is 2.47. The summed E-state index contributed by atoms with van der Waals surface area (Å²) < 4.78 is 5.24. The molecule has 0 aromatic heterocycles. The molecule has 0 aromatic rings. The molecule has 82 valence electrons. The summed E-state index contributed by atoms with van der Waals surface area (Å²) in [5.41, 5.74) is -0.491. The predicted molar refractivity (Wildman–Crippen MR) is 54.2 cm³/mol. The second kappa shape index (κ2) is 4.78. The highest BCUT2D eigenvalue weighted by Gasteiger charge is 2.43. The Labute approximate surface area is 85.5 Å². The Hall–Kier alpha value is -0.570. The molecular formula is C11H20O3. The van der Waals surface area contributed by atoms with Crippen molar-refractivity contribution in [3.05, 3.63) is 0 Å². The van der Waals surface area contributed by atoms with E-state index in [2.05, 4.69) is 6.92 Å². The van der Waals surface area contributed by atoms with Crippen LogP contribution in [0.15, 0.2) is 0 Å². The minimum Gasteiger partial charge on any atom is -0.481 e. The zero-order chi connectivity index (χ0) is 10.6. The van der Waals surface area contributed by atoms with Gasteiger partial charge in [0.2, 0.25) is 0 Å². The summed E-state index contributed by atoms with van der Waals surface area (Å²) >= 11 is 0. The zero-order valence-corrected chi connectivity index (χ0v) is 9.08. The lowest BCUT2D eigenvalue weighted by atomic mass is 9.82. The summed E-state index contributed by atoms with van der Waals surface area (Å²) in [7, 11) is 0. The summed E-state index contributed by atoms with van der Waals surface area (Å²) in [6.45, 7) is 5.32. The number of carboxylic acid groups (broad SMARTS) is 1. The lowest BCUT2D eigenvalue weighted by Gasteiger charge is -2.23. The number of carboxylic acids is 1. The Bertz CT molecular complexity index is 203. The van der Waals surface area contributed by atoms with Crippen LogP contribution in [-0.2, 0) is 9.53 Å². The van der Waals surface area contributed by atoms with Gasteiger partial charge in [0.25, 0.3) is 0 Å². The first-order chi connectivity index (χ1) is 6.60. The molecule has 1 aliphatic rings. The van der Waals surface area contributed by atoms with E-state index in [9.17, 15) is 9.90 Å². The predicted octanol–water partition coefficient (Wildman–Crippen LogP) is 2.30. The minimum absolute atomic E-state index is 0.491. The molecule has 3 heteroatoms. The number of ether oxygens (including phenoxy) is 1. The van der Waals surface area contributed by atoms with Crippen molar-refractivity contribution in [1.82, 2.24) is 0 Å². The monoisotopic (exact) mass is 200 g/mol. The van der Waals surface area contributed by atoms with Crippen LogP contribution in [0, 0.1) is 11.3 Å². The van der Waals surface area contributed by atoms with Crippen molar-refractivity contribution >= 4 is 5.97 Å². The van der Waals surface area contributed by atoms with Gasteiger partial charge in [-0.05, 0) is 38.5 Å². The molecule has 1 aliphatic carbocycles. The number of hydrogen-bond acceptors (Lipinski definition) is 2. The molecule has 0 saturated heterocycles. The molecule has 2 unspecified atom stereocenters. The van der Waals surface area contributed by atoms with Crippen molar-refractivity contribution in [2.24, 2.45) is 11.3 Å². The zero-order valence-electron chi connectivity index (χ0n) is 9.08. The fourth-order valence-electron chi connectivity index (χ4n) is 2.33. The topological polar surface area (TPSA) is 46.5 Å². The maximum Gasteiger partial charge on any atom is 0.309 e. The van der Waals surface area contributed by atoms with Crippen molar-refractivity contribution in [2.75, 3.05) is 13.2 Å². The van der Waals surface area contributed by atoms with Crippen LogP contribution in [0.5, 0.6) is 0 Å². The highest BCUT2D eigenvalue weighted by molar-refractivity contribution is 5.75. The maximum atomic E-state index is 11.2. The van der Waals surface area contributed by atoms with Crippen LogP contribution in [0.3, 0.4) is 0 Å². The van der Waals surface area contributed by atoms with Gasteiger partial charge in [-0.1, -0.05) is 6.92 Å². The lowest BCUT2D eigenvalue weighted by Crippen LogP contribution is -2.29. The van der Waals surface area contributed by atoms with Gasteiger partial charge in [-0.15, -0.1) is 0 Å². The average Bonchev–Trinajstić information content (AvgIpc) is 2.49. The first-order valence-corrected chi connectivity index (χ1v) is 5.42. The minimum atomic E-state index is -0.637. The second-order valence-electron chi connectivity index (χ2n) is 4.38. The standard InChI is InChI=1S/C11H20O3/c1-3-14-7-6-11(10(12)13)5-4-9(2)8-11/h9H,3-8H2,1-2H3,(H,12,13). The largest absolute Gasteiger partial charge is 0.481 e. The Morgan fingerprint density at radius 3 is 2.79 bits per heavy atom. The van der Waals surface area contributed by atoms with Crippen molar-refractivity contribution < 1.29 is 14.6 Å². The molecule has 0 spiro atoms. The first-order valence-electron chi connectivity index (χ1n) is 5.42.